The van der Waals surface area contributed by atoms with Crippen molar-refractivity contribution in [1.82, 2.24) is 0 Å². The van der Waals surface area contributed by atoms with Crippen LogP contribution in [0, 0.1) is 0 Å². The zero-order chi connectivity index (χ0) is 28.0. The second-order valence-corrected chi connectivity index (χ2v) is 11.3. The molecule has 0 saturated carbocycles. The van der Waals surface area contributed by atoms with Crippen molar-refractivity contribution < 1.29 is 0 Å². The predicted octanol–water partition coefficient (Wildman–Crippen LogP) is 1.45. The summed E-state index contributed by atoms with van der Waals surface area (Å²) in [4.78, 5) is 0. The van der Waals surface area contributed by atoms with E-state index in [1.54, 1.807) is 0 Å². The van der Waals surface area contributed by atoms with Crippen LogP contribution in [0.25, 0.3) is 55.3 Å². The molecule has 0 aromatic heterocycles. The molecule has 6 aromatic rings. The van der Waals surface area contributed by atoms with Crippen LogP contribution >= 0.6 is 11.6 Å². The highest BCUT2D eigenvalue weighted by Gasteiger charge is 2.21. The van der Waals surface area contributed by atoms with Crippen LogP contribution in [-0.2, 0) is 0 Å². The molecule has 6 rings (SSSR count). The summed E-state index contributed by atoms with van der Waals surface area (Å²) in [6, 6.07) is 39.0. The van der Waals surface area contributed by atoms with Crippen molar-refractivity contribution in [3.05, 3.63) is 114 Å². The molecule has 0 aliphatic carbocycles. The lowest BCUT2D eigenvalue weighted by Crippen LogP contribution is -2.55. The van der Waals surface area contributed by atoms with Crippen LogP contribution in [0.1, 0.15) is 0 Å². The summed E-state index contributed by atoms with van der Waals surface area (Å²) in [5.41, 5.74) is 16.6. The first-order chi connectivity index (χ1) is 19.4. The SMILES string of the molecule is Bc1c(B)c(B)c(-c2ccc3cccc(-c4ccc(Cl)cc4-c4ccccc4)c3c2-c2ccccc2)c(B)c1B. The minimum absolute atomic E-state index is 0.740. The Kier molecular flexibility index (Phi) is 7.03. The van der Waals surface area contributed by atoms with Gasteiger partial charge in [0.1, 0.15) is 39.2 Å². The minimum atomic E-state index is 0.740. The third kappa shape index (κ3) is 4.43. The Balaban J connectivity index is 1.78. The summed E-state index contributed by atoms with van der Waals surface area (Å²) in [5, 5.41) is 3.23. The number of halogens is 1. The third-order valence-corrected chi connectivity index (χ3v) is 8.97. The van der Waals surface area contributed by atoms with E-state index in [4.69, 9.17) is 11.6 Å². The maximum Gasteiger partial charge on any atom is 0.139 e. The summed E-state index contributed by atoms with van der Waals surface area (Å²) in [6.07, 6.45) is 0. The molecule has 0 spiro atoms. The molecule has 0 nitrogen and oxygen atoms in total. The summed E-state index contributed by atoms with van der Waals surface area (Å²) in [5.74, 6) is 0. The number of benzene rings is 6. The number of rotatable bonds is 4. The van der Waals surface area contributed by atoms with Crippen LogP contribution in [-0.4, -0.2) is 39.2 Å². The molecule has 0 bridgehead atoms. The lowest BCUT2D eigenvalue weighted by atomic mass is 9.59. The van der Waals surface area contributed by atoms with Gasteiger partial charge in [0.2, 0.25) is 0 Å². The summed E-state index contributed by atoms with van der Waals surface area (Å²) < 4.78 is 0. The van der Waals surface area contributed by atoms with E-state index in [1.807, 2.05) is 6.07 Å². The summed E-state index contributed by atoms with van der Waals surface area (Å²) in [7, 11) is 11.3. The molecule has 6 heteroatoms. The van der Waals surface area contributed by atoms with Crippen LogP contribution in [0.2, 0.25) is 5.02 Å². The molecule has 0 aliphatic heterocycles. The molecule has 0 radical (unpaired) electrons. The predicted molar refractivity (Wildman–Crippen MR) is 192 cm³/mol. The Hall–Kier alpha value is -3.81. The molecule has 40 heavy (non-hydrogen) atoms. The molecule has 0 N–H and O–H groups in total. The number of hydrogen-bond donors (Lipinski definition) is 0. The molecule has 0 amide bonds. The van der Waals surface area contributed by atoms with Crippen molar-refractivity contribution in [3.8, 4) is 44.5 Å². The van der Waals surface area contributed by atoms with E-state index in [1.165, 1.54) is 71.5 Å². The largest absolute Gasteiger partial charge is 0.139 e. The van der Waals surface area contributed by atoms with Crippen LogP contribution in [0.15, 0.2) is 109 Å². The van der Waals surface area contributed by atoms with Crippen molar-refractivity contribution in [3.63, 3.8) is 0 Å². The Morgan fingerprint density at radius 2 is 0.975 bits per heavy atom. The van der Waals surface area contributed by atoms with Gasteiger partial charge in [-0.3, -0.25) is 0 Å². The fraction of sp³-hybridized carbons (Fsp3) is 0. The average molecular weight is 526 g/mol. The van der Waals surface area contributed by atoms with E-state index >= 15 is 0 Å². The van der Waals surface area contributed by atoms with Gasteiger partial charge < -0.3 is 0 Å². The lowest BCUT2D eigenvalue weighted by molar-refractivity contribution is 1.59. The van der Waals surface area contributed by atoms with Gasteiger partial charge in [-0.2, -0.15) is 0 Å². The fourth-order valence-corrected chi connectivity index (χ4v) is 6.40. The first kappa shape index (κ1) is 26.4. The standard InChI is InChI=1S/C34H28B5Cl/c35-30-29(31(36)33(38)34(39)32(30)37)25-16-14-21-12-7-13-24(27(21)28(25)20-10-5-2-6-11-20)23-17-15-22(40)18-26(23)19-8-3-1-4-9-19/h1-18H,35-39H2. The number of fused-ring (bicyclic) bond motifs is 1. The molecule has 0 atom stereocenters. The number of hydrogen-bond acceptors (Lipinski definition) is 0. The van der Waals surface area contributed by atoms with Gasteiger partial charge in [-0.25, -0.2) is 0 Å². The van der Waals surface area contributed by atoms with Crippen molar-refractivity contribution >= 4 is 88.9 Å². The average Bonchev–Trinajstić information content (AvgIpc) is 2.99. The smallest absolute Gasteiger partial charge is 0.102 e. The van der Waals surface area contributed by atoms with Gasteiger partial charge in [-0.15, -0.1) is 16.4 Å². The van der Waals surface area contributed by atoms with E-state index in [-0.39, 0.29) is 0 Å². The van der Waals surface area contributed by atoms with E-state index in [9.17, 15) is 0 Å². The zero-order valence-electron chi connectivity index (χ0n) is 23.8. The maximum atomic E-state index is 6.58. The van der Waals surface area contributed by atoms with Gasteiger partial charge in [0, 0.05) is 5.02 Å². The zero-order valence-corrected chi connectivity index (χ0v) is 24.5. The first-order valence-electron chi connectivity index (χ1n) is 13.9. The topological polar surface area (TPSA) is 0 Å². The van der Waals surface area contributed by atoms with E-state index < -0.39 is 0 Å². The van der Waals surface area contributed by atoms with Crippen molar-refractivity contribution in [2.75, 3.05) is 0 Å². The lowest BCUT2D eigenvalue weighted by Gasteiger charge is -2.24. The Labute approximate surface area is 246 Å². The Bertz CT molecular complexity index is 1870. The first-order valence-corrected chi connectivity index (χ1v) is 14.3. The molecule has 186 valence electrons. The van der Waals surface area contributed by atoms with Gasteiger partial charge in [0.15, 0.2) is 0 Å². The maximum absolute atomic E-state index is 6.58. The third-order valence-electron chi connectivity index (χ3n) is 8.73. The van der Waals surface area contributed by atoms with Crippen molar-refractivity contribution in [1.29, 1.82) is 0 Å². The summed E-state index contributed by atoms with van der Waals surface area (Å²) >= 11 is 6.58. The molecular formula is C34H28B5Cl. The van der Waals surface area contributed by atoms with E-state index in [0.717, 1.165) is 16.1 Å². The molecule has 0 saturated heterocycles. The van der Waals surface area contributed by atoms with Gasteiger partial charge in [0.25, 0.3) is 0 Å². The van der Waals surface area contributed by atoms with Gasteiger partial charge in [0.05, 0.1) is 0 Å². The van der Waals surface area contributed by atoms with Crippen molar-refractivity contribution in [2.45, 2.75) is 0 Å². The molecule has 0 unspecified atom stereocenters. The molecule has 0 fully saturated rings. The Morgan fingerprint density at radius 1 is 0.400 bits per heavy atom. The fourth-order valence-electron chi connectivity index (χ4n) is 6.23. The highest BCUT2D eigenvalue weighted by atomic mass is 35.5. The Morgan fingerprint density at radius 3 is 1.62 bits per heavy atom. The van der Waals surface area contributed by atoms with Gasteiger partial charge >= 0.3 is 0 Å². The van der Waals surface area contributed by atoms with Gasteiger partial charge in [-0.1, -0.05) is 120 Å². The minimum Gasteiger partial charge on any atom is -0.102 e. The summed E-state index contributed by atoms with van der Waals surface area (Å²) in [6.45, 7) is 0. The molecule has 0 aliphatic rings. The highest BCUT2D eigenvalue weighted by molar-refractivity contribution is 6.68. The second kappa shape index (κ2) is 10.6. The normalized spacial score (nSPS) is 11.1. The van der Waals surface area contributed by atoms with E-state index in [0.29, 0.717) is 0 Å². The monoisotopic (exact) mass is 526 g/mol. The highest BCUT2D eigenvalue weighted by Crippen LogP contribution is 2.44. The molecular weight excluding hydrogens is 498 g/mol. The second-order valence-electron chi connectivity index (χ2n) is 10.8. The molecule has 6 aromatic carbocycles. The van der Waals surface area contributed by atoms with Crippen LogP contribution in [0.5, 0.6) is 0 Å². The van der Waals surface area contributed by atoms with Crippen LogP contribution in [0.3, 0.4) is 0 Å². The van der Waals surface area contributed by atoms with Crippen LogP contribution < -0.4 is 27.3 Å². The molecule has 0 heterocycles. The van der Waals surface area contributed by atoms with Crippen LogP contribution in [0.4, 0.5) is 0 Å². The van der Waals surface area contributed by atoms with E-state index in [2.05, 4.69) is 142 Å². The van der Waals surface area contributed by atoms with Crippen molar-refractivity contribution in [2.24, 2.45) is 0 Å². The van der Waals surface area contributed by atoms with Gasteiger partial charge in [-0.05, 0) is 67.4 Å². The quantitative estimate of drug-likeness (QED) is 0.306.